The van der Waals surface area contributed by atoms with E-state index in [1.54, 1.807) is 12.1 Å². The van der Waals surface area contributed by atoms with Gasteiger partial charge in [0, 0.05) is 12.1 Å². The predicted octanol–water partition coefficient (Wildman–Crippen LogP) is 3.06. The summed E-state index contributed by atoms with van der Waals surface area (Å²) in [5, 5.41) is 20.5. The van der Waals surface area contributed by atoms with Crippen LogP contribution >= 0.6 is 0 Å². The molecule has 0 aliphatic carbocycles. The highest BCUT2D eigenvalue weighted by atomic mass is 16.6. The summed E-state index contributed by atoms with van der Waals surface area (Å²) in [4.78, 5) is 23.9. The number of anilines is 1. The molecule has 0 amide bonds. The number of aromatic carboxylic acids is 1. The van der Waals surface area contributed by atoms with Gasteiger partial charge < -0.3 is 10.0 Å². The van der Waals surface area contributed by atoms with Crippen molar-refractivity contribution in [3.63, 3.8) is 0 Å². The largest absolute Gasteiger partial charge is 0.477 e. The van der Waals surface area contributed by atoms with E-state index in [-0.39, 0.29) is 23.3 Å². The molecule has 0 spiro atoms. The number of carboxylic acids is 1. The molecule has 1 fully saturated rings. The molecule has 2 rings (SSSR count). The van der Waals surface area contributed by atoms with E-state index in [1.165, 1.54) is 6.07 Å². The van der Waals surface area contributed by atoms with Crippen LogP contribution in [0.2, 0.25) is 0 Å². The van der Waals surface area contributed by atoms with Crippen molar-refractivity contribution in [1.82, 2.24) is 0 Å². The van der Waals surface area contributed by atoms with Gasteiger partial charge >= 0.3 is 11.7 Å². The SMILES string of the molecule is CC1CCCC(C)N1c1cccc(C(=O)O)c1[N+](=O)[O-]. The Balaban J connectivity index is 2.58. The van der Waals surface area contributed by atoms with E-state index in [0.717, 1.165) is 19.3 Å². The van der Waals surface area contributed by atoms with Gasteiger partial charge in [0.25, 0.3) is 0 Å². The normalized spacial score (nSPS) is 22.6. The number of para-hydroxylation sites is 1. The Morgan fingerprint density at radius 1 is 1.35 bits per heavy atom. The van der Waals surface area contributed by atoms with Crippen molar-refractivity contribution < 1.29 is 14.8 Å². The quantitative estimate of drug-likeness (QED) is 0.678. The Bertz CT molecular complexity index is 534. The van der Waals surface area contributed by atoms with Gasteiger partial charge in [-0.05, 0) is 45.2 Å². The van der Waals surface area contributed by atoms with Crippen molar-refractivity contribution in [3.05, 3.63) is 33.9 Å². The zero-order valence-electron chi connectivity index (χ0n) is 11.6. The first kappa shape index (κ1) is 14.3. The number of hydrogen-bond donors (Lipinski definition) is 1. The summed E-state index contributed by atoms with van der Waals surface area (Å²) in [6, 6.07) is 4.83. The number of hydrogen-bond acceptors (Lipinski definition) is 4. The van der Waals surface area contributed by atoms with Crippen molar-refractivity contribution in [2.24, 2.45) is 0 Å². The Kier molecular flexibility index (Phi) is 3.92. The van der Waals surface area contributed by atoms with Gasteiger partial charge in [-0.2, -0.15) is 0 Å². The van der Waals surface area contributed by atoms with Crippen LogP contribution in [0.1, 0.15) is 43.5 Å². The number of piperidine rings is 1. The highest BCUT2D eigenvalue weighted by Gasteiger charge is 2.33. The first-order valence-electron chi connectivity index (χ1n) is 6.72. The van der Waals surface area contributed by atoms with Gasteiger partial charge in [0.1, 0.15) is 11.3 Å². The summed E-state index contributed by atoms with van der Waals surface area (Å²) in [6.45, 7) is 4.04. The maximum atomic E-state index is 11.3. The van der Waals surface area contributed by atoms with Gasteiger partial charge in [0.05, 0.1) is 4.92 Å². The fourth-order valence-electron chi connectivity index (χ4n) is 3.00. The molecule has 6 nitrogen and oxygen atoms in total. The smallest absolute Gasteiger partial charge is 0.342 e. The zero-order valence-corrected chi connectivity index (χ0v) is 11.6. The minimum absolute atomic E-state index is 0.168. The number of nitro groups is 1. The summed E-state index contributed by atoms with van der Waals surface area (Å²) in [7, 11) is 0. The molecule has 108 valence electrons. The molecule has 0 radical (unpaired) electrons. The van der Waals surface area contributed by atoms with Crippen LogP contribution in [0, 0.1) is 10.1 Å². The standard InChI is InChI=1S/C14H18N2O4/c1-9-5-3-6-10(2)15(9)12-8-4-7-11(14(17)18)13(12)16(19)20/h4,7-10H,3,5-6H2,1-2H3,(H,17,18). The minimum Gasteiger partial charge on any atom is -0.477 e. The first-order chi connectivity index (χ1) is 9.43. The Labute approximate surface area is 117 Å². The van der Waals surface area contributed by atoms with Crippen LogP contribution in [0.15, 0.2) is 18.2 Å². The number of rotatable bonds is 3. The maximum Gasteiger partial charge on any atom is 0.342 e. The number of nitrogens with zero attached hydrogens (tertiary/aromatic N) is 2. The van der Waals surface area contributed by atoms with Crippen LogP contribution in [0.3, 0.4) is 0 Å². The molecule has 1 N–H and O–H groups in total. The highest BCUT2D eigenvalue weighted by Crippen LogP contribution is 2.37. The Morgan fingerprint density at radius 3 is 2.45 bits per heavy atom. The highest BCUT2D eigenvalue weighted by molar-refractivity contribution is 5.95. The van der Waals surface area contributed by atoms with Crippen molar-refractivity contribution in [3.8, 4) is 0 Å². The summed E-state index contributed by atoms with van der Waals surface area (Å²) >= 11 is 0. The van der Waals surface area contributed by atoms with Crippen LogP contribution < -0.4 is 4.90 Å². The van der Waals surface area contributed by atoms with Gasteiger partial charge in [0.2, 0.25) is 0 Å². The predicted molar refractivity (Wildman–Crippen MR) is 75.3 cm³/mol. The fourth-order valence-corrected chi connectivity index (χ4v) is 3.00. The second-order valence-corrected chi connectivity index (χ2v) is 5.27. The molecule has 20 heavy (non-hydrogen) atoms. The lowest BCUT2D eigenvalue weighted by molar-refractivity contribution is -0.384. The van der Waals surface area contributed by atoms with E-state index in [0.29, 0.717) is 5.69 Å². The summed E-state index contributed by atoms with van der Waals surface area (Å²) in [5.74, 6) is -1.27. The third kappa shape index (κ3) is 2.45. The third-order valence-corrected chi connectivity index (χ3v) is 3.90. The molecule has 1 saturated heterocycles. The van der Waals surface area contributed by atoms with E-state index >= 15 is 0 Å². The third-order valence-electron chi connectivity index (χ3n) is 3.90. The van der Waals surface area contributed by atoms with Crippen LogP contribution in [0.5, 0.6) is 0 Å². The Hall–Kier alpha value is -2.11. The topological polar surface area (TPSA) is 83.7 Å². The lowest BCUT2D eigenvalue weighted by Crippen LogP contribution is -2.44. The number of nitro benzene ring substituents is 1. The van der Waals surface area contributed by atoms with Gasteiger partial charge in [-0.3, -0.25) is 10.1 Å². The van der Waals surface area contributed by atoms with E-state index < -0.39 is 10.9 Å². The van der Waals surface area contributed by atoms with Crippen molar-refractivity contribution in [2.45, 2.75) is 45.2 Å². The molecule has 1 aliphatic heterocycles. The minimum atomic E-state index is -1.27. The fraction of sp³-hybridized carbons (Fsp3) is 0.500. The van der Waals surface area contributed by atoms with Crippen LogP contribution in [0.25, 0.3) is 0 Å². The number of carboxylic acid groups (broad SMARTS) is 1. The summed E-state index contributed by atoms with van der Waals surface area (Å²) < 4.78 is 0. The molecular formula is C14H18N2O4. The average molecular weight is 278 g/mol. The molecule has 0 aromatic heterocycles. The molecule has 0 bridgehead atoms. The molecule has 2 unspecified atom stereocenters. The molecule has 1 aliphatic rings. The van der Waals surface area contributed by atoms with E-state index in [2.05, 4.69) is 0 Å². The van der Waals surface area contributed by atoms with E-state index in [4.69, 9.17) is 5.11 Å². The first-order valence-corrected chi connectivity index (χ1v) is 6.72. The van der Waals surface area contributed by atoms with Gasteiger partial charge in [-0.1, -0.05) is 6.07 Å². The Morgan fingerprint density at radius 2 is 1.95 bits per heavy atom. The summed E-state index contributed by atoms with van der Waals surface area (Å²) in [5.41, 5.74) is -0.146. The van der Waals surface area contributed by atoms with Crippen LogP contribution in [-0.2, 0) is 0 Å². The molecule has 1 aromatic carbocycles. The van der Waals surface area contributed by atoms with Crippen molar-refractivity contribution in [2.75, 3.05) is 4.90 Å². The van der Waals surface area contributed by atoms with Crippen LogP contribution in [0.4, 0.5) is 11.4 Å². The molecular weight excluding hydrogens is 260 g/mol. The zero-order chi connectivity index (χ0) is 14.9. The van der Waals surface area contributed by atoms with E-state index in [9.17, 15) is 14.9 Å². The maximum absolute atomic E-state index is 11.3. The van der Waals surface area contributed by atoms with Gasteiger partial charge in [-0.15, -0.1) is 0 Å². The van der Waals surface area contributed by atoms with Gasteiger partial charge in [0.15, 0.2) is 0 Å². The second kappa shape index (κ2) is 5.48. The van der Waals surface area contributed by atoms with Crippen molar-refractivity contribution in [1.29, 1.82) is 0 Å². The lowest BCUT2D eigenvalue weighted by Gasteiger charge is -2.40. The molecule has 6 heteroatoms. The van der Waals surface area contributed by atoms with Crippen LogP contribution in [-0.4, -0.2) is 28.1 Å². The number of carbonyl (C=O) groups is 1. The van der Waals surface area contributed by atoms with Crippen molar-refractivity contribution >= 4 is 17.3 Å². The van der Waals surface area contributed by atoms with Gasteiger partial charge in [-0.25, -0.2) is 4.79 Å². The molecule has 1 heterocycles. The van der Waals surface area contributed by atoms with E-state index in [1.807, 2.05) is 18.7 Å². The average Bonchev–Trinajstić information content (AvgIpc) is 2.37. The summed E-state index contributed by atoms with van der Waals surface area (Å²) in [6.07, 6.45) is 3.00. The lowest BCUT2D eigenvalue weighted by atomic mass is 9.95. The molecule has 1 aromatic rings. The number of benzene rings is 1. The second-order valence-electron chi connectivity index (χ2n) is 5.27. The monoisotopic (exact) mass is 278 g/mol. The molecule has 0 saturated carbocycles. The molecule has 2 atom stereocenters.